The van der Waals surface area contributed by atoms with Crippen LogP contribution in [0.1, 0.15) is 46.3 Å². The maximum absolute atomic E-state index is 12.9. The molecule has 0 aliphatic heterocycles. The average Bonchev–Trinajstić information content (AvgIpc) is 3.18. The van der Waals surface area contributed by atoms with E-state index in [-0.39, 0.29) is 30.0 Å². The number of esters is 1. The highest BCUT2D eigenvalue weighted by Crippen LogP contribution is 2.28. The molecule has 0 spiro atoms. The van der Waals surface area contributed by atoms with Crippen LogP contribution in [0.25, 0.3) is 11.3 Å². The van der Waals surface area contributed by atoms with E-state index in [1.807, 2.05) is 37.3 Å². The van der Waals surface area contributed by atoms with Gasteiger partial charge in [0.15, 0.2) is 17.8 Å². The van der Waals surface area contributed by atoms with Crippen molar-refractivity contribution in [2.75, 3.05) is 6.61 Å². The van der Waals surface area contributed by atoms with E-state index in [1.165, 1.54) is 6.39 Å². The minimum atomic E-state index is -0.589. The number of benzene rings is 2. The summed E-state index contributed by atoms with van der Waals surface area (Å²) in [6.45, 7) is 3.85. The highest BCUT2D eigenvalue weighted by atomic mass is 16.5. The molecule has 0 saturated carbocycles. The zero-order chi connectivity index (χ0) is 19.2. The summed E-state index contributed by atoms with van der Waals surface area (Å²) in [6, 6.07) is 16.4. The van der Waals surface area contributed by atoms with E-state index < -0.39 is 5.97 Å². The highest BCUT2D eigenvalue weighted by Gasteiger charge is 2.24. The minimum Gasteiger partial charge on any atom is -0.461 e. The van der Waals surface area contributed by atoms with Gasteiger partial charge in [0.1, 0.15) is 0 Å². The van der Waals surface area contributed by atoms with Crippen molar-refractivity contribution in [2.45, 2.75) is 19.9 Å². The van der Waals surface area contributed by atoms with E-state index in [0.29, 0.717) is 11.1 Å². The molecule has 1 amide bonds. The quantitative estimate of drug-likeness (QED) is 0.668. The first-order chi connectivity index (χ1) is 13.1. The summed E-state index contributed by atoms with van der Waals surface area (Å²) in [4.78, 5) is 28.9. The monoisotopic (exact) mass is 364 g/mol. The van der Waals surface area contributed by atoms with Crippen LogP contribution >= 0.6 is 0 Å². The van der Waals surface area contributed by atoms with Crippen LogP contribution in [0.3, 0.4) is 0 Å². The molecule has 0 fully saturated rings. The molecule has 3 aromatic rings. The Morgan fingerprint density at radius 3 is 2.56 bits per heavy atom. The molecular formula is C21H20N2O4. The van der Waals surface area contributed by atoms with Crippen molar-refractivity contribution in [3.05, 3.63) is 77.8 Å². The van der Waals surface area contributed by atoms with Gasteiger partial charge in [-0.05, 0) is 25.5 Å². The van der Waals surface area contributed by atoms with Crippen LogP contribution in [-0.4, -0.2) is 23.5 Å². The highest BCUT2D eigenvalue weighted by molar-refractivity contribution is 6.03. The zero-order valence-electron chi connectivity index (χ0n) is 15.1. The van der Waals surface area contributed by atoms with Crippen LogP contribution in [0.15, 0.2) is 65.4 Å². The van der Waals surface area contributed by atoms with Crippen LogP contribution in [-0.2, 0) is 4.74 Å². The van der Waals surface area contributed by atoms with Crippen LogP contribution in [0.2, 0.25) is 0 Å². The number of nitrogens with one attached hydrogen (secondary N) is 1. The van der Waals surface area contributed by atoms with Crippen LogP contribution in [0, 0.1) is 0 Å². The summed E-state index contributed by atoms with van der Waals surface area (Å²) in [5.74, 6) is -0.645. The van der Waals surface area contributed by atoms with Crippen molar-refractivity contribution in [1.29, 1.82) is 0 Å². The van der Waals surface area contributed by atoms with Crippen molar-refractivity contribution >= 4 is 11.9 Å². The molecule has 0 radical (unpaired) electrons. The molecule has 0 bridgehead atoms. The molecule has 0 unspecified atom stereocenters. The Morgan fingerprint density at radius 1 is 1.11 bits per heavy atom. The number of oxazole rings is 1. The van der Waals surface area contributed by atoms with Gasteiger partial charge in [0.05, 0.1) is 18.2 Å². The number of nitrogens with zero attached hydrogens (tertiary/aromatic N) is 1. The molecular weight excluding hydrogens is 344 g/mol. The normalized spacial score (nSPS) is 11.6. The van der Waals surface area contributed by atoms with Gasteiger partial charge in [-0.15, -0.1) is 0 Å². The Kier molecular flexibility index (Phi) is 5.66. The molecule has 0 aliphatic carbocycles. The van der Waals surface area contributed by atoms with E-state index in [0.717, 1.165) is 5.56 Å². The van der Waals surface area contributed by atoms with E-state index >= 15 is 0 Å². The zero-order valence-corrected chi connectivity index (χ0v) is 15.1. The molecule has 1 atom stereocenters. The van der Waals surface area contributed by atoms with Gasteiger partial charge in [-0.25, -0.2) is 9.78 Å². The van der Waals surface area contributed by atoms with E-state index in [2.05, 4.69) is 10.3 Å². The molecule has 0 aliphatic rings. The lowest BCUT2D eigenvalue weighted by atomic mass is 10.0. The first-order valence-electron chi connectivity index (χ1n) is 8.67. The second-order valence-corrected chi connectivity index (χ2v) is 5.90. The molecule has 3 rings (SSSR count). The summed E-state index contributed by atoms with van der Waals surface area (Å²) in [5.41, 5.74) is 1.92. The maximum atomic E-state index is 12.9. The average molecular weight is 364 g/mol. The lowest BCUT2D eigenvalue weighted by Crippen LogP contribution is -2.27. The summed E-state index contributed by atoms with van der Waals surface area (Å²) in [5, 5.41) is 2.97. The standard InChI is InChI=1S/C21H20N2O4/c1-3-26-21(25)18-19(27-13-22-18)16-11-7-8-12-17(16)20(24)23-14(2)15-9-5-4-6-10-15/h4-14H,3H2,1-2H3,(H,23,24)/t14-/m0/s1. The predicted octanol–water partition coefficient (Wildman–Crippen LogP) is 4.01. The summed E-state index contributed by atoms with van der Waals surface area (Å²) in [7, 11) is 0. The van der Waals surface area contributed by atoms with Gasteiger partial charge in [-0.3, -0.25) is 4.79 Å². The molecule has 1 heterocycles. The van der Waals surface area contributed by atoms with Crippen molar-refractivity contribution in [1.82, 2.24) is 10.3 Å². The molecule has 1 N–H and O–H groups in total. The van der Waals surface area contributed by atoms with Crippen molar-refractivity contribution in [3.8, 4) is 11.3 Å². The molecule has 6 heteroatoms. The number of aromatic nitrogens is 1. The van der Waals surface area contributed by atoms with Crippen molar-refractivity contribution < 1.29 is 18.7 Å². The number of amides is 1. The summed E-state index contributed by atoms with van der Waals surface area (Å²) >= 11 is 0. The topological polar surface area (TPSA) is 81.4 Å². The van der Waals surface area contributed by atoms with E-state index in [9.17, 15) is 9.59 Å². The lowest BCUT2D eigenvalue weighted by Gasteiger charge is -2.15. The van der Waals surface area contributed by atoms with Gasteiger partial charge in [0.2, 0.25) is 0 Å². The SMILES string of the molecule is CCOC(=O)c1ncoc1-c1ccccc1C(=O)N[C@@H](C)c1ccccc1. The fraction of sp³-hybridized carbons (Fsp3) is 0.190. The van der Waals surface area contributed by atoms with Gasteiger partial charge >= 0.3 is 5.97 Å². The summed E-state index contributed by atoms with van der Waals surface area (Å²) < 4.78 is 10.4. The summed E-state index contributed by atoms with van der Waals surface area (Å²) in [6.07, 6.45) is 1.17. The lowest BCUT2D eigenvalue weighted by molar-refractivity contribution is 0.0520. The Morgan fingerprint density at radius 2 is 1.81 bits per heavy atom. The second kappa shape index (κ2) is 8.31. The van der Waals surface area contributed by atoms with E-state index in [1.54, 1.807) is 31.2 Å². The minimum absolute atomic E-state index is 0.0493. The number of hydrogen-bond donors (Lipinski definition) is 1. The third-order valence-corrected chi connectivity index (χ3v) is 4.10. The first kappa shape index (κ1) is 18.4. The Hall–Kier alpha value is -3.41. The molecule has 138 valence electrons. The molecule has 0 saturated heterocycles. The number of ether oxygens (including phenoxy) is 1. The number of carbonyl (C=O) groups excluding carboxylic acids is 2. The fourth-order valence-electron chi connectivity index (χ4n) is 2.76. The van der Waals surface area contributed by atoms with Gasteiger partial charge < -0.3 is 14.5 Å². The smallest absolute Gasteiger partial charge is 0.360 e. The third-order valence-electron chi connectivity index (χ3n) is 4.10. The Balaban J connectivity index is 1.90. The Bertz CT molecular complexity index is 934. The predicted molar refractivity (Wildman–Crippen MR) is 100 cm³/mol. The third kappa shape index (κ3) is 4.06. The van der Waals surface area contributed by atoms with Crippen molar-refractivity contribution in [3.63, 3.8) is 0 Å². The number of carbonyl (C=O) groups is 2. The van der Waals surface area contributed by atoms with Crippen LogP contribution < -0.4 is 5.32 Å². The van der Waals surface area contributed by atoms with Gasteiger partial charge in [0.25, 0.3) is 5.91 Å². The molecule has 27 heavy (non-hydrogen) atoms. The van der Waals surface area contributed by atoms with Gasteiger partial charge in [-0.2, -0.15) is 0 Å². The van der Waals surface area contributed by atoms with Crippen molar-refractivity contribution in [2.24, 2.45) is 0 Å². The Labute approximate surface area is 157 Å². The second-order valence-electron chi connectivity index (χ2n) is 5.90. The fourth-order valence-corrected chi connectivity index (χ4v) is 2.76. The largest absolute Gasteiger partial charge is 0.461 e. The van der Waals surface area contributed by atoms with Crippen LogP contribution in [0.4, 0.5) is 0 Å². The van der Waals surface area contributed by atoms with E-state index in [4.69, 9.17) is 9.15 Å². The maximum Gasteiger partial charge on any atom is 0.360 e. The molecule has 2 aromatic carbocycles. The first-order valence-corrected chi connectivity index (χ1v) is 8.67. The number of hydrogen-bond acceptors (Lipinski definition) is 5. The van der Waals surface area contributed by atoms with Crippen LogP contribution in [0.5, 0.6) is 0 Å². The molecule has 6 nitrogen and oxygen atoms in total. The van der Waals surface area contributed by atoms with Gasteiger partial charge in [-0.1, -0.05) is 48.5 Å². The van der Waals surface area contributed by atoms with Gasteiger partial charge in [0, 0.05) is 5.56 Å². The number of rotatable bonds is 6. The molecule has 1 aromatic heterocycles.